The molecular formula is C21H18BNO. The van der Waals surface area contributed by atoms with E-state index in [1.54, 1.807) is 18.3 Å². The van der Waals surface area contributed by atoms with Crippen molar-refractivity contribution in [3.8, 4) is 5.75 Å². The molecule has 4 aromatic rings. The molecule has 0 fully saturated rings. The van der Waals surface area contributed by atoms with E-state index >= 15 is 0 Å². The summed E-state index contributed by atoms with van der Waals surface area (Å²) >= 11 is 0. The standard InChI is InChI=1S/C12H11B.C9H7NO/c1-3-7-11(8-4-1)13-12-9-5-2-6-10-12;11-8-5-1-3-7-4-2-6-10-9(7)8/h1-10,13H;1-6,11H. The Morgan fingerprint density at radius 3 is 1.79 bits per heavy atom. The van der Waals surface area contributed by atoms with Crippen LogP contribution in [0.4, 0.5) is 0 Å². The van der Waals surface area contributed by atoms with Gasteiger partial charge in [0.2, 0.25) is 0 Å². The third-order valence-corrected chi connectivity index (χ3v) is 3.71. The highest BCUT2D eigenvalue weighted by Crippen LogP contribution is 2.20. The van der Waals surface area contributed by atoms with Crippen LogP contribution in [0.3, 0.4) is 0 Å². The highest BCUT2D eigenvalue weighted by Gasteiger charge is 1.96. The predicted octanol–water partition coefficient (Wildman–Crippen LogP) is 3.01. The summed E-state index contributed by atoms with van der Waals surface area (Å²) in [5, 5.41) is 10.3. The second-order valence-corrected chi connectivity index (χ2v) is 5.50. The van der Waals surface area contributed by atoms with Crippen molar-refractivity contribution < 1.29 is 5.11 Å². The summed E-state index contributed by atoms with van der Waals surface area (Å²) in [6, 6.07) is 30.2. The Labute approximate surface area is 142 Å². The monoisotopic (exact) mass is 311 g/mol. The highest BCUT2D eigenvalue weighted by atomic mass is 16.3. The number of hydrogen-bond donors (Lipinski definition) is 1. The van der Waals surface area contributed by atoms with Crippen molar-refractivity contribution >= 4 is 29.1 Å². The van der Waals surface area contributed by atoms with Gasteiger partial charge in [-0.15, -0.1) is 0 Å². The zero-order valence-corrected chi connectivity index (χ0v) is 13.3. The molecule has 1 heterocycles. The smallest absolute Gasteiger partial charge is 0.192 e. The van der Waals surface area contributed by atoms with Crippen LogP contribution < -0.4 is 10.9 Å². The first-order chi connectivity index (χ1) is 11.8. The van der Waals surface area contributed by atoms with Gasteiger partial charge < -0.3 is 5.11 Å². The molecule has 3 aromatic carbocycles. The largest absolute Gasteiger partial charge is 0.506 e. The fourth-order valence-corrected chi connectivity index (χ4v) is 2.52. The fraction of sp³-hybridized carbons (Fsp3) is 0. The predicted molar refractivity (Wildman–Crippen MR) is 103 cm³/mol. The van der Waals surface area contributed by atoms with Crippen molar-refractivity contribution in [2.75, 3.05) is 0 Å². The number of rotatable bonds is 2. The summed E-state index contributed by atoms with van der Waals surface area (Å²) < 4.78 is 0. The van der Waals surface area contributed by atoms with E-state index in [1.807, 2.05) is 18.2 Å². The quantitative estimate of drug-likeness (QED) is 0.577. The molecule has 0 radical (unpaired) electrons. The van der Waals surface area contributed by atoms with E-state index in [1.165, 1.54) is 10.9 Å². The van der Waals surface area contributed by atoms with E-state index in [2.05, 4.69) is 65.6 Å². The van der Waals surface area contributed by atoms with Gasteiger partial charge in [0.1, 0.15) is 11.3 Å². The normalized spacial score (nSPS) is 9.83. The second-order valence-electron chi connectivity index (χ2n) is 5.50. The molecule has 0 aliphatic heterocycles. The van der Waals surface area contributed by atoms with Gasteiger partial charge in [-0.2, -0.15) is 0 Å². The average Bonchev–Trinajstić information content (AvgIpc) is 2.65. The van der Waals surface area contributed by atoms with Gasteiger partial charge in [-0.05, 0) is 12.1 Å². The minimum Gasteiger partial charge on any atom is -0.506 e. The molecule has 4 rings (SSSR count). The Morgan fingerprint density at radius 1 is 0.625 bits per heavy atom. The number of phenolic OH excluding ortho intramolecular Hbond substituents is 1. The zero-order chi connectivity index (χ0) is 16.6. The van der Waals surface area contributed by atoms with Crippen LogP contribution in [-0.2, 0) is 0 Å². The van der Waals surface area contributed by atoms with E-state index in [9.17, 15) is 5.11 Å². The van der Waals surface area contributed by atoms with E-state index < -0.39 is 0 Å². The number of phenols is 1. The minimum atomic E-state index is 0.239. The number of benzene rings is 3. The number of aromatic nitrogens is 1. The van der Waals surface area contributed by atoms with Gasteiger partial charge in [-0.1, -0.05) is 89.8 Å². The van der Waals surface area contributed by atoms with Crippen LogP contribution in [-0.4, -0.2) is 17.4 Å². The van der Waals surface area contributed by atoms with Crippen LogP contribution in [0.25, 0.3) is 10.9 Å². The lowest BCUT2D eigenvalue weighted by atomic mass is 9.64. The third kappa shape index (κ3) is 4.23. The molecule has 2 nitrogen and oxygen atoms in total. The topological polar surface area (TPSA) is 33.1 Å². The van der Waals surface area contributed by atoms with Crippen LogP contribution in [0.1, 0.15) is 0 Å². The molecular weight excluding hydrogens is 293 g/mol. The Balaban J connectivity index is 0.000000143. The average molecular weight is 311 g/mol. The van der Waals surface area contributed by atoms with Gasteiger partial charge in [0.15, 0.2) is 7.28 Å². The molecule has 1 aromatic heterocycles. The first-order valence-corrected chi connectivity index (χ1v) is 7.93. The van der Waals surface area contributed by atoms with E-state index in [0.717, 1.165) is 12.7 Å². The van der Waals surface area contributed by atoms with Crippen LogP contribution in [0, 0.1) is 0 Å². The fourth-order valence-electron chi connectivity index (χ4n) is 2.52. The first-order valence-electron chi connectivity index (χ1n) is 7.93. The zero-order valence-electron chi connectivity index (χ0n) is 13.3. The summed E-state index contributed by atoms with van der Waals surface area (Å²) in [5.41, 5.74) is 3.40. The van der Waals surface area contributed by atoms with Crippen LogP contribution in [0.15, 0.2) is 97.2 Å². The molecule has 0 aliphatic rings. The van der Waals surface area contributed by atoms with E-state index in [4.69, 9.17) is 0 Å². The number of para-hydroxylation sites is 1. The lowest BCUT2D eigenvalue weighted by Gasteiger charge is -1.98. The van der Waals surface area contributed by atoms with Crippen molar-refractivity contribution in [3.05, 3.63) is 97.2 Å². The molecule has 0 saturated carbocycles. The lowest BCUT2D eigenvalue weighted by molar-refractivity contribution is 0.480. The summed E-state index contributed by atoms with van der Waals surface area (Å²) in [7, 11) is 1.03. The van der Waals surface area contributed by atoms with Gasteiger partial charge in [0.05, 0.1) is 0 Å². The van der Waals surface area contributed by atoms with Crippen LogP contribution in [0.2, 0.25) is 0 Å². The maximum Gasteiger partial charge on any atom is 0.192 e. The molecule has 0 unspecified atom stereocenters. The molecule has 0 atom stereocenters. The van der Waals surface area contributed by atoms with Crippen LogP contribution in [0.5, 0.6) is 5.75 Å². The minimum absolute atomic E-state index is 0.239. The second kappa shape index (κ2) is 7.98. The van der Waals surface area contributed by atoms with Gasteiger partial charge in [0, 0.05) is 11.6 Å². The highest BCUT2D eigenvalue weighted by molar-refractivity contribution is 6.67. The summed E-state index contributed by atoms with van der Waals surface area (Å²) in [6.07, 6.45) is 1.67. The molecule has 0 bridgehead atoms. The van der Waals surface area contributed by atoms with Gasteiger partial charge in [-0.25, -0.2) is 0 Å². The van der Waals surface area contributed by atoms with Crippen molar-refractivity contribution in [1.82, 2.24) is 4.98 Å². The molecule has 1 N–H and O–H groups in total. The summed E-state index contributed by atoms with van der Waals surface area (Å²) in [4.78, 5) is 4.03. The van der Waals surface area contributed by atoms with Crippen LogP contribution >= 0.6 is 0 Å². The molecule has 0 amide bonds. The summed E-state index contributed by atoms with van der Waals surface area (Å²) in [5.74, 6) is 0.239. The van der Waals surface area contributed by atoms with Gasteiger partial charge in [0.25, 0.3) is 0 Å². The first kappa shape index (κ1) is 15.8. The molecule has 0 aliphatic carbocycles. The number of nitrogens with zero attached hydrogens (tertiary/aromatic N) is 1. The van der Waals surface area contributed by atoms with E-state index in [-0.39, 0.29) is 5.75 Å². The Morgan fingerprint density at radius 2 is 1.21 bits per heavy atom. The van der Waals surface area contributed by atoms with Crippen molar-refractivity contribution in [1.29, 1.82) is 0 Å². The van der Waals surface area contributed by atoms with Gasteiger partial charge in [-0.3, -0.25) is 4.98 Å². The Kier molecular flexibility index (Phi) is 5.26. The molecule has 0 spiro atoms. The maximum absolute atomic E-state index is 9.31. The lowest BCUT2D eigenvalue weighted by Crippen LogP contribution is -2.26. The van der Waals surface area contributed by atoms with Crippen molar-refractivity contribution in [2.24, 2.45) is 0 Å². The molecule has 0 saturated heterocycles. The van der Waals surface area contributed by atoms with Crippen molar-refractivity contribution in [3.63, 3.8) is 0 Å². The Hall–Kier alpha value is -3.07. The number of pyridine rings is 1. The SMILES string of the molecule is B(c1ccccc1)c1ccccc1.Oc1cccc2cccnc12. The number of fused-ring (bicyclic) bond motifs is 1. The number of aromatic hydroxyl groups is 1. The third-order valence-electron chi connectivity index (χ3n) is 3.71. The van der Waals surface area contributed by atoms with Gasteiger partial charge >= 0.3 is 0 Å². The molecule has 116 valence electrons. The Bertz CT molecular complexity index is 852. The molecule has 3 heteroatoms. The molecule has 24 heavy (non-hydrogen) atoms. The van der Waals surface area contributed by atoms with E-state index in [0.29, 0.717) is 5.52 Å². The number of hydrogen-bond acceptors (Lipinski definition) is 2. The maximum atomic E-state index is 9.31. The van der Waals surface area contributed by atoms with Crippen molar-refractivity contribution in [2.45, 2.75) is 0 Å². The summed E-state index contributed by atoms with van der Waals surface area (Å²) in [6.45, 7) is 0.